The molecule has 0 fully saturated rings. The molecular weight excluding hydrogens is 416 g/mol. The number of aryl methyl sites for hydroxylation is 2. The quantitative estimate of drug-likeness (QED) is 0.344. The summed E-state index contributed by atoms with van der Waals surface area (Å²) in [6.07, 6.45) is 1.42. The Hall–Kier alpha value is -3.65. The molecule has 3 aromatic rings. The van der Waals surface area contributed by atoms with E-state index in [1.54, 1.807) is 55.5 Å². The number of carbonyl (C=O) groups is 1. The first-order valence-electron chi connectivity index (χ1n) is 9.38. The van der Waals surface area contributed by atoms with Crippen LogP contribution in [0.25, 0.3) is 0 Å². The molecule has 0 spiro atoms. The Balaban J connectivity index is 1.77. The van der Waals surface area contributed by atoms with Crippen molar-refractivity contribution in [2.24, 2.45) is 5.10 Å². The molecule has 0 saturated carbocycles. The number of nitrogens with zero attached hydrogens (tertiary/aromatic N) is 1. The SMILES string of the molecule is COc1cc(/C=N/NC(=O)c2ccccc2)ccc1OS(=O)(=O)c1cc(C)ccc1C. The van der Waals surface area contributed by atoms with E-state index < -0.39 is 10.1 Å². The standard InChI is InChI=1S/C23H22N2O5S/c1-16-9-10-17(2)22(13-16)31(27,28)30-20-12-11-18(14-21(20)29-3)15-24-25-23(26)19-7-5-4-6-8-19/h4-15H,1-3H3,(H,25,26)/b24-15+. The Labute approximate surface area is 181 Å². The summed E-state index contributed by atoms with van der Waals surface area (Å²) in [5.74, 6) is -0.0792. The number of amides is 1. The monoisotopic (exact) mass is 438 g/mol. The third-order valence-corrected chi connectivity index (χ3v) is 5.79. The topological polar surface area (TPSA) is 94.1 Å². The lowest BCUT2D eigenvalue weighted by atomic mass is 10.2. The highest BCUT2D eigenvalue weighted by molar-refractivity contribution is 7.87. The van der Waals surface area contributed by atoms with Crippen LogP contribution >= 0.6 is 0 Å². The van der Waals surface area contributed by atoms with E-state index in [9.17, 15) is 13.2 Å². The van der Waals surface area contributed by atoms with E-state index in [-0.39, 0.29) is 22.3 Å². The second-order valence-electron chi connectivity index (χ2n) is 6.78. The Morgan fingerprint density at radius 2 is 1.71 bits per heavy atom. The Kier molecular flexibility index (Phi) is 6.71. The van der Waals surface area contributed by atoms with Gasteiger partial charge in [-0.2, -0.15) is 13.5 Å². The molecule has 0 atom stereocenters. The predicted octanol–water partition coefficient (Wildman–Crippen LogP) is 3.84. The number of nitrogens with one attached hydrogen (secondary N) is 1. The molecular formula is C23H22N2O5S. The molecule has 160 valence electrons. The van der Waals surface area contributed by atoms with Crippen molar-refractivity contribution in [3.8, 4) is 11.5 Å². The minimum Gasteiger partial charge on any atom is -0.493 e. The minimum atomic E-state index is -4.04. The molecule has 1 N–H and O–H groups in total. The molecule has 0 bridgehead atoms. The lowest BCUT2D eigenvalue weighted by molar-refractivity contribution is 0.0955. The predicted molar refractivity (Wildman–Crippen MR) is 118 cm³/mol. The van der Waals surface area contributed by atoms with Gasteiger partial charge in [-0.25, -0.2) is 5.43 Å². The van der Waals surface area contributed by atoms with Gasteiger partial charge < -0.3 is 8.92 Å². The van der Waals surface area contributed by atoms with Crippen LogP contribution in [0.15, 0.2) is 76.7 Å². The molecule has 0 radical (unpaired) electrons. The number of hydrogen-bond acceptors (Lipinski definition) is 6. The maximum absolute atomic E-state index is 12.8. The van der Waals surface area contributed by atoms with Gasteiger partial charge in [-0.05, 0) is 66.9 Å². The Morgan fingerprint density at radius 1 is 0.968 bits per heavy atom. The first kappa shape index (κ1) is 22.0. The average molecular weight is 439 g/mol. The number of rotatable bonds is 7. The van der Waals surface area contributed by atoms with Gasteiger partial charge in [-0.3, -0.25) is 4.79 Å². The molecule has 0 aromatic heterocycles. The molecule has 3 aromatic carbocycles. The Morgan fingerprint density at radius 3 is 2.42 bits per heavy atom. The summed E-state index contributed by atoms with van der Waals surface area (Å²) in [5.41, 5.74) is 4.90. The molecule has 3 rings (SSSR count). The van der Waals surface area contributed by atoms with Crippen LogP contribution in [0.2, 0.25) is 0 Å². The van der Waals surface area contributed by atoms with Crippen molar-refractivity contribution in [1.29, 1.82) is 0 Å². The number of carbonyl (C=O) groups excluding carboxylic acids is 1. The van der Waals surface area contributed by atoms with Gasteiger partial charge in [0, 0.05) is 5.56 Å². The van der Waals surface area contributed by atoms with Crippen LogP contribution < -0.4 is 14.3 Å². The van der Waals surface area contributed by atoms with E-state index in [1.807, 2.05) is 19.1 Å². The fourth-order valence-electron chi connectivity index (χ4n) is 2.79. The van der Waals surface area contributed by atoms with Crippen molar-refractivity contribution in [2.75, 3.05) is 7.11 Å². The van der Waals surface area contributed by atoms with Crippen molar-refractivity contribution < 1.29 is 22.1 Å². The zero-order valence-electron chi connectivity index (χ0n) is 17.3. The summed E-state index contributed by atoms with van der Waals surface area (Å²) in [7, 11) is -2.63. The summed E-state index contributed by atoms with van der Waals surface area (Å²) in [5, 5.41) is 3.93. The molecule has 0 heterocycles. The molecule has 8 heteroatoms. The highest BCUT2D eigenvalue weighted by Gasteiger charge is 2.21. The molecule has 7 nitrogen and oxygen atoms in total. The molecule has 0 aliphatic heterocycles. The maximum Gasteiger partial charge on any atom is 0.339 e. The average Bonchev–Trinajstić information content (AvgIpc) is 2.76. The van der Waals surface area contributed by atoms with Crippen LogP contribution in [-0.4, -0.2) is 27.6 Å². The zero-order chi connectivity index (χ0) is 22.4. The van der Waals surface area contributed by atoms with Gasteiger partial charge in [0.05, 0.1) is 13.3 Å². The first-order chi connectivity index (χ1) is 14.8. The van der Waals surface area contributed by atoms with E-state index in [0.29, 0.717) is 16.7 Å². The molecule has 31 heavy (non-hydrogen) atoms. The summed E-state index contributed by atoms with van der Waals surface area (Å²) < 4.78 is 36.1. The molecule has 0 aliphatic carbocycles. The van der Waals surface area contributed by atoms with Gasteiger partial charge in [0.25, 0.3) is 5.91 Å². The highest BCUT2D eigenvalue weighted by Crippen LogP contribution is 2.31. The number of methoxy groups -OCH3 is 1. The highest BCUT2D eigenvalue weighted by atomic mass is 32.2. The molecule has 0 saturated heterocycles. The number of hydrazone groups is 1. The summed E-state index contributed by atoms with van der Waals surface area (Å²) in [4.78, 5) is 12.1. The van der Waals surface area contributed by atoms with Gasteiger partial charge in [0.2, 0.25) is 0 Å². The number of hydrogen-bond donors (Lipinski definition) is 1. The summed E-state index contributed by atoms with van der Waals surface area (Å²) >= 11 is 0. The van der Waals surface area contributed by atoms with Crippen LogP contribution in [0.3, 0.4) is 0 Å². The van der Waals surface area contributed by atoms with Crippen LogP contribution in [0, 0.1) is 13.8 Å². The van der Waals surface area contributed by atoms with E-state index in [4.69, 9.17) is 8.92 Å². The fraction of sp³-hybridized carbons (Fsp3) is 0.130. The second kappa shape index (κ2) is 9.44. The molecule has 0 aliphatic rings. The number of benzene rings is 3. The van der Waals surface area contributed by atoms with E-state index in [2.05, 4.69) is 10.5 Å². The van der Waals surface area contributed by atoms with Crippen molar-refractivity contribution in [1.82, 2.24) is 5.43 Å². The second-order valence-corrected chi connectivity index (χ2v) is 8.30. The number of ether oxygens (including phenoxy) is 1. The van der Waals surface area contributed by atoms with Crippen LogP contribution in [0.1, 0.15) is 27.0 Å². The zero-order valence-corrected chi connectivity index (χ0v) is 18.1. The first-order valence-corrected chi connectivity index (χ1v) is 10.8. The third kappa shape index (κ3) is 5.49. The van der Waals surface area contributed by atoms with E-state index >= 15 is 0 Å². The molecule has 0 unspecified atom stereocenters. The van der Waals surface area contributed by atoms with Crippen molar-refractivity contribution >= 4 is 22.2 Å². The Bertz CT molecular complexity index is 1220. The smallest absolute Gasteiger partial charge is 0.339 e. The van der Waals surface area contributed by atoms with E-state index in [1.165, 1.54) is 19.4 Å². The largest absolute Gasteiger partial charge is 0.493 e. The summed E-state index contributed by atoms with van der Waals surface area (Å²) in [6, 6.07) is 18.5. The maximum atomic E-state index is 12.8. The van der Waals surface area contributed by atoms with Gasteiger partial charge in [-0.15, -0.1) is 0 Å². The normalized spacial score (nSPS) is 11.3. The van der Waals surface area contributed by atoms with Gasteiger partial charge in [0.1, 0.15) is 4.90 Å². The molecule has 1 amide bonds. The van der Waals surface area contributed by atoms with Crippen molar-refractivity contribution in [3.63, 3.8) is 0 Å². The lowest BCUT2D eigenvalue weighted by Crippen LogP contribution is -2.17. The van der Waals surface area contributed by atoms with Gasteiger partial charge in [-0.1, -0.05) is 30.3 Å². The lowest BCUT2D eigenvalue weighted by Gasteiger charge is -2.13. The van der Waals surface area contributed by atoms with Gasteiger partial charge in [0.15, 0.2) is 11.5 Å². The van der Waals surface area contributed by atoms with Crippen molar-refractivity contribution in [3.05, 3.63) is 89.0 Å². The fourth-order valence-corrected chi connectivity index (χ4v) is 4.05. The van der Waals surface area contributed by atoms with Crippen molar-refractivity contribution in [2.45, 2.75) is 18.7 Å². The van der Waals surface area contributed by atoms with Crippen LogP contribution in [0.5, 0.6) is 11.5 Å². The van der Waals surface area contributed by atoms with Gasteiger partial charge >= 0.3 is 10.1 Å². The summed E-state index contributed by atoms with van der Waals surface area (Å²) in [6.45, 7) is 3.51. The third-order valence-electron chi connectivity index (χ3n) is 4.42. The minimum absolute atomic E-state index is 0.0499. The van der Waals surface area contributed by atoms with E-state index in [0.717, 1.165) is 5.56 Å². The van der Waals surface area contributed by atoms with Crippen LogP contribution in [0.4, 0.5) is 0 Å². The van der Waals surface area contributed by atoms with Crippen LogP contribution in [-0.2, 0) is 10.1 Å².